The number of hydrogen-bond acceptors (Lipinski definition) is 3. The quantitative estimate of drug-likeness (QED) is 0.555. The Morgan fingerprint density at radius 2 is 1.71 bits per heavy atom. The molecule has 0 fully saturated rings. The molecule has 0 unspecified atom stereocenters. The molecule has 0 spiro atoms. The highest BCUT2D eigenvalue weighted by Crippen LogP contribution is 2.30. The summed E-state index contributed by atoms with van der Waals surface area (Å²) in [4.78, 5) is 8.83. The highest BCUT2D eigenvalue weighted by Gasteiger charge is 2.16. The van der Waals surface area contributed by atoms with Crippen LogP contribution in [0.5, 0.6) is 0 Å². The van der Waals surface area contributed by atoms with Gasteiger partial charge in [-0.15, -0.1) is 0 Å². The summed E-state index contributed by atoms with van der Waals surface area (Å²) in [5.74, 6) is 0. The zero-order chi connectivity index (χ0) is 16.5. The topological polar surface area (TPSA) is 54.5 Å². The van der Waals surface area contributed by atoms with E-state index in [0.717, 1.165) is 22.5 Å². The van der Waals surface area contributed by atoms with Gasteiger partial charge in [0, 0.05) is 17.4 Å². The third kappa shape index (κ3) is 2.24. The van der Waals surface area contributed by atoms with Crippen molar-refractivity contribution in [3.8, 4) is 23.0 Å². The van der Waals surface area contributed by atoms with E-state index in [1.165, 1.54) is 11.9 Å². The van der Waals surface area contributed by atoms with Crippen LogP contribution in [0.4, 0.5) is 0 Å². The Morgan fingerprint density at radius 1 is 0.958 bits per heavy atom. The fourth-order valence-corrected chi connectivity index (χ4v) is 2.86. The van der Waals surface area contributed by atoms with Crippen molar-refractivity contribution >= 4 is 11.0 Å². The molecule has 0 aliphatic rings. The third-order valence-electron chi connectivity index (χ3n) is 4.06. The average molecular weight is 310 g/mol. The van der Waals surface area contributed by atoms with Crippen LogP contribution in [0.1, 0.15) is 11.1 Å². The molecule has 0 atom stereocenters. The molecule has 24 heavy (non-hydrogen) atoms. The van der Waals surface area contributed by atoms with Crippen LogP contribution >= 0.6 is 0 Å². The molecule has 0 radical (unpaired) electrons. The summed E-state index contributed by atoms with van der Waals surface area (Å²) in [6.07, 6.45) is 3.35. The van der Waals surface area contributed by atoms with Crippen LogP contribution in [-0.4, -0.2) is 14.5 Å². The molecule has 114 valence electrons. The van der Waals surface area contributed by atoms with Crippen LogP contribution in [-0.2, 0) is 0 Å². The van der Waals surface area contributed by atoms with Gasteiger partial charge in [-0.2, -0.15) is 5.26 Å². The number of aromatic nitrogens is 3. The van der Waals surface area contributed by atoms with Gasteiger partial charge in [-0.05, 0) is 19.1 Å². The van der Waals surface area contributed by atoms with Crippen LogP contribution in [0.2, 0.25) is 0 Å². The lowest BCUT2D eigenvalue weighted by atomic mass is 10.1. The van der Waals surface area contributed by atoms with Gasteiger partial charge in [0.15, 0.2) is 0 Å². The smallest absolute Gasteiger partial charge is 0.116 e. The van der Waals surface area contributed by atoms with Gasteiger partial charge in [-0.3, -0.25) is 0 Å². The molecule has 2 aromatic heterocycles. The molecule has 4 rings (SSSR count). The van der Waals surface area contributed by atoms with Gasteiger partial charge in [0.25, 0.3) is 0 Å². The Kier molecular flexibility index (Phi) is 3.33. The van der Waals surface area contributed by atoms with E-state index in [-0.39, 0.29) is 0 Å². The molecule has 0 amide bonds. The van der Waals surface area contributed by atoms with Gasteiger partial charge in [0.05, 0.1) is 16.8 Å². The van der Waals surface area contributed by atoms with Crippen molar-refractivity contribution in [1.82, 2.24) is 14.5 Å². The number of benzene rings is 2. The number of hydrogen-bond donors (Lipinski definition) is 0. The average Bonchev–Trinajstić information content (AvgIpc) is 3.02. The van der Waals surface area contributed by atoms with Crippen molar-refractivity contribution < 1.29 is 0 Å². The first kappa shape index (κ1) is 14.2. The predicted molar refractivity (Wildman–Crippen MR) is 93.8 cm³/mol. The molecular weight excluding hydrogens is 296 g/mol. The molecule has 4 aromatic rings. The number of nitriles is 1. The van der Waals surface area contributed by atoms with E-state index in [9.17, 15) is 5.26 Å². The maximum Gasteiger partial charge on any atom is 0.116 e. The molecule has 2 heterocycles. The summed E-state index contributed by atoms with van der Waals surface area (Å²) in [6.45, 7) is 2.05. The Labute approximate surface area is 139 Å². The van der Waals surface area contributed by atoms with Crippen LogP contribution in [0.3, 0.4) is 0 Å². The highest BCUT2D eigenvalue weighted by atomic mass is 15.0. The summed E-state index contributed by atoms with van der Waals surface area (Å²) in [6, 6.07) is 20.4. The molecule has 0 saturated heterocycles. The van der Waals surface area contributed by atoms with Crippen LogP contribution < -0.4 is 0 Å². The standard InChI is InChI=1S/C20H14N4/c1-14-7-9-17(10-8-14)24-12-16(11-21)19-20(24)18(22-13-23-19)15-5-3-2-4-6-15/h2-10,12-13H,1H3. The Hall–Kier alpha value is -3.45. The van der Waals surface area contributed by atoms with E-state index in [0.29, 0.717) is 11.1 Å². The Balaban J connectivity index is 2.07. The summed E-state index contributed by atoms with van der Waals surface area (Å²) >= 11 is 0. The normalized spacial score (nSPS) is 10.7. The largest absolute Gasteiger partial charge is 0.312 e. The van der Waals surface area contributed by atoms with Gasteiger partial charge < -0.3 is 4.57 Å². The molecule has 4 nitrogen and oxygen atoms in total. The van der Waals surface area contributed by atoms with Crippen LogP contribution in [0, 0.1) is 18.3 Å². The first-order valence-corrected chi connectivity index (χ1v) is 7.66. The van der Waals surface area contributed by atoms with Crippen LogP contribution in [0.25, 0.3) is 28.0 Å². The zero-order valence-corrected chi connectivity index (χ0v) is 13.1. The van der Waals surface area contributed by atoms with E-state index in [2.05, 4.69) is 35.1 Å². The number of aryl methyl sites for hydroxylation is 1. The van der Waals surface area contributed by atoms with Crippen LogP contribution in [0.15, 0.2) is 67.1 Å². The molecule has 0 aliphatic heterocycles. The van der Waals surface area contributed by atoms with Crippen molar-refractivity contribution in [2.45, 2.75) is 6.92 Å². The third-order valence-corrected chi connectivity index (χ3v) is 4.06. The SMILES string of the molecule is Cc1ccc(-n2cc(C#N)c3ncnc(-c4ccccc4)c32)cc1. The number of nitrogens with zero attached hydrogens (tertiary/aromatic N) is 4. The predicted octanol–water partition coefficient (Wildman–Crippen LogP) is 4.27. The minimum absolute atomic E-state index is 0.546. The summed E-state index contributed by atoms with van der Waals surface area (Å²) in [5.41, 5.74) is 6.07. The second kappa shape index (κ2) is 5.64. The van der Waals surface area contributed by atoms with Crippen molar-refractivity contribution in [3.63, 3.8) is 0 Å². The van der Waals surface area contributed by atoms with E-state index >= 15 is 0 Å². The number of rotatable bonds is 2. The minimum Gasteiger partial charge on any atom is -0.312 e. The van der Waals surface area contributed by atoms with Gasteiger partial charge in [-0.1, -0.05) is 48.0 Å². The first-order valence-electron chi connectivity index (χ1n) is 7.66. The van der Waals surface area contributed by atoms with E-state index in [1.54, 1.807) is 0 Å². The summed E-state index contributed by atoms with van der Waals surface area (Å²) < 4.78 is 2.00. The van der Waals surface area contributed by atoms with E-state index < -0.39 is 0 Å². The molecular formula is C20H14N4. The zero-order valence-electron chi connectivity index (χ0n) is 13.1. The molecule has 0 bridgehead atoms. The van der Waals surface area contributed by atoms with E-state index in [4.69, 9.17) is 0 Å². The second-order valence-electron chi connectivity index (χ2n) is 5.65. The van der Waals surface area contributed by atoms with E-state index in [1.807, 2.05) is 53.2 Å². The fourth-order valence-electron chi connectivity index (χ4n) is 2.86. The van der Waals surface area contributed by atoms with Crippen molar-refractivity contribution in [2.24, 2.45) is 0 Å². The van der Waals surface area contributed by atoms with Gasteiger partial charge in [0.1, 0.15) is 17.9 Å². The monoisotopic (exact) mass is 310 g/mol. The van der Waals surface area contributed by atoms with Crippen molar-refractivity contribution in [1.29, 1.82) is 5.26 Å². The molecule has 0 saturated carbocycles. The first-order chi connectivity index (χ1) is 11.8. The number of fused-ring (bicyclic) bond motifs is 1. The van der Waals surface area contributed by atoms with Crippen molar-refractivity contribution in [3.05, 3.63) is 78.2 Å². The summed E-state index contributed by atoms with van der Waals surface area (Å²) in [5, 5.41) is 9.48. The minimum atomic E-state index is 0.546. The molecule has 4 heteroatoms. The van der Waals surface area contributed by atoms with Crippen molar-refractivity contribution in [2.75, 3.05) is 0 Å². The highest BCUT2D eigenvalue weighted by molar-refractivity contribution is 5.94. The molecule has 2 aromatic carbocycles. The maximum atomic E-state index is 9.48. The van der Waals surface area contributed by atoms with Gasteiger partial charge in [-0.25, -0.2) is 9.97 Å². The lowest BCUT2D eigenvalue weighted by Gasteiger charge is -2.09. The molecule has 0 N–H and O–H groups in total. The fraction of sp³-hybridized carbons (Fsp3) is 0.0500. The molecule has 0 aliphatic carbocycles. The lowest BCUT2D eigenvalue weighted by Crippen LogP contribution is -1.96. The maximum absolute atomic E-state index is 9.48. The lowest BCUT2D eigenvalue weighted by molar-refractivity contribution is 1.11. The van der Waals surface area contributed by atoms with Gasteiger partial charge in [0.2, 0.25) is 0 Å². The second-order valence-corrected chi connectivity index (χ2v) is 5.65. The Bertz CT molecular complexity index is 1050. The van der Waals surface area contributed by atoms with Gasteiger partial charge >= 0.3 is 0 Å². The Morgan fingerprint density at radius 3 is 2.42 bits per heavy atom. The summed E-state index contributed by atoms with van der Waals surface area (Å²) in [7, 11) is 0.